The highest BCUT2D eigenvalue weighted by Crippen LogP contribution is 2.19. The van der Waals surface area contributed by atoms with Crippen molar-refractivity contribution in [3.63, 3.8) is 0 Å². The molecule has 0 unspecified atom stereocenters. The van der Waals surface area contributed by atoms with Crippen LogP contribution in [0, 0.1) is 0 Å². The third-order valence-electron chi connectivity index (χ3n) is 1.51. The average molecular weight is 241 g/mol. The van der Waals surface area contributed by atoms with E-state index in [0.717, 1.165) is 10.0 Å². The van der Waals surface area contributed by atoms with Gasteiger partial charge in [0.15, 0.2) is 0 Å². The molecule has 1 N–H and O–H groups in total. The molecule has 1 aromatic carbocycles. The van der Waals surface area contributed by atoms with E-state index in [-0.39, 0.29) is 0 Å². The Kier molecular flexibility index (Phi) is 2.02. The van der Waals surface area contributed by atoms with Gasteiger partial charge < -0.3 is 4.42 Å². The third-order valence-corrected chi connectivity index (χ3v) is 2.00. The molecule has 1 aromatic heterocycles. The smallest absolute Gasteiger partial charge is 0.388 e. The molecule has 0 saturated carbocycles. The largest absolute Gasteiger partial charge is 0.434 e. The normalized spacial score (nSPS) is 10.2. The van der Waals surface area contributed by atoms with E-state index in [1.807, 2.05) is 24.3 Å². The highest BCUT2D eigenvalue weighted by molar-refractivity contribution is 9.10. The molecular weight excluding hydrogens is 236 g/mol. The van der Waals surface area contributed by atoms with Gasteiger partial charge in [-0.3, -0.25) is 0 Å². The zero-order valence-electron chi connectivity index (χ0n) is 6.45. The van der Waals surface area contributed by atoms with Crippen molar-refractivity contribution in [2.45, 2.75) is 0 Å². The molecule has 0 fully saturated rings. The molecule has 0 spiro atoms. The maximum absolute atomic E-state index is 10.7. The summed E-state index contributed by atoms with van der Waals surface area (Å²) in [5.74, 6) is -0.249. The van der Waals surface area contributed by atoms with Gasteiger partial charge in [-0.15, -0.1) is 5.10 Å². The Labute approximate surface area is 81.7 Å². The fourth-order valence-corrected chi connectivity index (χ4v) is 1.37. The van der Waals surface area contributed by atoms with Crippen molar-refractivity contribution in [3.8, 4) is 11.5 Å². The maximum Gasteiger partial charge on any atom is 0.434 e. The van der Waals surface area contributed by atoms with E-state index in [9.17, 15) is 4.79 Å². The molecule has 0 aliphatic rings. The Morgan fingerprint density at radius 2 is 2.31 bits per heavy atom. The SMILES string of the molecule is O=c1[nH]nc(-c2cccc(Br)c2)o1. The molecule has 13 heavy (non-hydrogen) atoms. The van der Waals surface area contributed by atoms with E-state index in [2.05, 4.69) is 26.1 Å². The van der Waals surface area contributed by atoms with Crippen LogP contribution in [0.5, 0.6) is 0 Å². The summed E-state index contributed by atoms with van der Waals surface area (Å²) >= 11 is 3.31. The Morgan fingerprint density at radius 1 is 1.46 bits per heavy atom. The second-order valence-corrected chi connectivity index (χ2v) is 3.34. The average Bonchev–Trinajstić information content (AvgIpc) is 2.52. The molecule has 5 heteroatoms. The fourth-order valence-electron chi connectivity index (χ4n) is 0.975. The van der Waals surface area contributed by atoms with Gasteiger partial charge in [0, 0.05) is 10.0 Å². The summed E-state index contributed by atoms with van der Waals surface area (Å²) in [6.45, 7) is 0. The molecule has 0 atom stereocenters. The Hall–Kier alpha value is -1.36. The zero-order valence-corrected chi connectivity index (χ0v) is 8.04. The zero-order chi connectivity index (χ0) is 9.26. The van der Waals surface area contributed by atoms with Crippen molar-refractivity contribution < 1.29 is 4.42 Å². The molecule has 2 aromatic rings. The first-order valence-corrected chi connectivity index (χ1v) is 4.36. The summed E-state index contributed by atoms with van der Waals surface area (Å²) < 4.78 is 5.69. The first-order chi connectivity index (χ1) is 6.25. The Balaban J connectivity index is 2.52. The van der Waals surface area contributed by atoms with E-state index in [1.165, 1.54) is 0 Å². The molecule has 1 heterocycles. The van der Waals surface area contributed by atoms with Crippen molar-refractivity contribution in [3.05, 3.63) is 39.3 Å². The molecule has 66 valence electrons. The van der Waals surface area contributed by atoms with Crippen LogP contribution in [0.25, 0.3) is 11.5 Å². The van der Waals surface area contributed by atoms with Gasteiger partial charge in [0.1, 0.15) is 0 Å². The summed E-state index contributed by atoms with van der Waals surface area (Å²) in [6, 6.07) is 7.35. The van der Waals surface area contributed by atoms with Gasteiger partial charge in [0.2, 0.25) is 5.89 Å². The summed E-state index contributed by atoms with van der Waals surface area (Å²) in [6.07, 6.45) is 0. The Bertz CT molecular complexity index is 475. The molecule has 2 rings (SSSR count). The van der Waals surface area contributed by atoms with Crippen molar-refractivity contribution >= 4 is 15.9 Å². The second kappa shape index (κ2) is 3.18. The lowest BCUT2D eigenvalue weighted by Gasteiger charge is -1.93. The first-order valence-electron chi connectivity index (χ1n) is 3.57. The van der Waals surface area contributed by atoms with E-state index >= 15 is 0 Å². The minimum absolute atomic E-state index is 0.298. The molecule has 0 radical (unpaired) electrons. The lowest BCUT2D eigenvalue weighted by Crippen LogP contribution is -1.93. The standard InChI is InChI=1S/C8H5BrN2O2/c9-6-3-1-2-5(4-6)7-10-11-8(12)13-7/h1-4H,(H,11,12). The van der Waals surface area contributed by atoms with Crippen LogP contribution >= 0.6 is 15.9 Å². The molecule has 0 aliphatic heterocycles. The second-order valence-electron chi connectivity index (χ2n) is 2.43. The third kappa shape index (κ3) is 1.70. The minimum Gasteiger partial charge on any atom is -0.388 e. The number of hydrogen-bond donors (Lipinski definition) is 1. The van der Waals surface area contributed by atoms with Gasteiger partial charge in [-0.1, -0.05) is 22.0 Å². The van der Waals surface area contributed by atoms with Gasteiger partial charge in [0.05, 0.1) is 0 Å². The predicted molar refractivity (Wildman–Crippen MR) is 50.3 cm³/mol. The van der Waals surface area contributed by atoms with Crippen LogP contribution in [-0.4, -0.2) is 10.2 Å². The van der Waals surface area contributed by atoms with Crippen LogP contribution in [0.3, 0.4) is 0 Å². The van der Waals surface area contributed by atoms with E-state index < -0.39 is 5.76 Å². The van der Waals surface area contributed by atoms with Gasteiger partial charge in [-0.05, 0) is 18.2 Å². The lowest BCUT2D eigenvalue weighted by atomic mass is 10.2. The number of hydrogen-bond acceptors (Lipinski definition) is 3. The molecule has 0 aliphatic carbocycles. The minimum atomic E-state index is -0.546. The van der Waals surface area contributed by atoms with Gasteiger partial charge in [-0.2, -0.15) is 0 Å². The van der Waals surface area contributed by atoms with Crippen molar-refractivity contribution in [2.75, 3.05) is 0 Å². The number of nitrogens with zero attached hydrogens (tertiary/aromatic N) is 1. The number of benzene rings is 1. The molecular formula is C8H5BrN2O2. The van der Waals surface area contributed by atoms with Crippen LogP contribution in [0.2, 0.25) is 0 Å². The Morgan fingerprint density at radius 3 is 2.92 bits per heavy atom. The number of aromatic nitrogens is 2. The maximum atomic E-state index is 10.7. The molecule has 0 saturated heterocycles. The number of rotatable bonds is 1. The summed E-state index contributed by atoms with van der Waals surface area (Å²) in [5, 5.41) is 5.90. The number of H-pyrrole nitrogens is 1. The lowest BCUT2D eigenvalue weighted by molar-refractivity contribution is 0.527. The van der Waals surface area contributed by atoms with Crippen LogP contribution in [-0.2, 0) is 0 Å². The summed E-state index contributed by atoms with van der Waals surface area (Å²) in [7, 11) is 0. The van der Waals surface area contributed by atoms with Crippen molar-refractivity contribution in [2.24, 2.45) is 0 Å². The topological polar surface area (TPSA) is 58.9 Å². The van der Waals surface area contributed by atoms with Crippen LogP contribution in [0.4, 0.5) is 0 Å². The molecule has 0 amide bonds. The van der Waals surface area contributed by atoms with Crippen molar-refractivity contribution in [1.29, 1.82) is 0 Å². The van der Waals surface area contributed by atoms with Crippen LogP contribution < -0.4 is 5.76 Å². The number of halogens is 1. The molecule has 4 nitrogen and oxygen atoms in total. The highest BCUT2D eigenvalue weighted by atomic mass is 79.9. The fraction of sp³-hybridized carbons (Fsp3) is 0. The van der Waals surface area contributed by atoms with Crippen LogP contribution in [0.15, 0.2) is 37.9 Å². The first kappa shape index (κ1) is 8.25. The molecule has 0 bridgehead atoms. The van der Waals surface area contributed by atoms with Gasteiger partial charge in [-0.25, -0.2) is 9.89 Å². The van der Waals surface area contributed by atoms with Crippen LogP contribution in [0.1, 0.15) is 0 Å². The number of aromatic amines is 1. The highest BCUT2D eigenvalue weighted by Gasteiger charge is 2.04. The predicted octanol–water partition coefficient (Wildman–Crippen LogP) is 1.79. The number of nitrogens with one attached hydrogen (secondary N) is 1. The summed E-state index contributed by atoms with van der Waals surface area (Å²) in [5.41, 5.74) is 0.757. The van der Waals surface area contributed by atoms with E-state index in [0.29, 0.717) is 5.89 Å². The van der Waals surface area contributed by atoms with Crippen molar-refractivity contribution in [1.82, 2.24) is 10.2 Å². The quantitative estimate of drug-likeness (QED) is 0.827. The monoisotopic (exact) mass is 240 g/mol. The van der Waals surface area contributed by atoms with Gasteiger partial charge >= 0.3 is 5.76 Å². The van der Waals surface area contributed by atoms with E-state index in [4.69, 9.17) is 4.42 Å². The van der Waals surface area contributed by atoms with Gasteiger partial charge in [0.25, 0.3) is 0 Å². The summed E-state index contributed by atoms with van der Waals surface area (Å²) in [4.78, 5) is 10.7. The van der Waals surface area contributed by atoms with E-state index in [1.54, 1.807) is 0 Å².